The number of unbranched alkanes of at least 4 members (excludes halogenated alkanes) is 22. The highest BCUT2D eigenvalue weighted by Gasteiger charge is 2.40. The molecule has 4 heteroatoms. The summed E-state index contributed by atoms with van der Waals surface area (Å²) in [6.45, 7) is 8.44. The van der Waals surface area contributed by atoms with E-state index in [1.165, 1.54) is 128 Å². The molecule has 3 atom stereocenters. The highest BCUT2D eigenvalue weighted by Crippen LogP contribution is 2.27. The van der Waals surface area contributed by atoms with E-state index >= 15 is 0 Å². The number of hydrogen-bond donors (Lipinski definition) is 2. The molecule has 0 saturated heterocycles. The summed E-state index contributed by atoms with van der Waals surface area (Å²) in [5, 5.41) is 11.3. The Morgan fingerprint density at radius 1 is 0.512 bits per heavy atom. The Morgan fingerprint density at radius 3 is 1.12 bits per heavy atom. The summed E-state index contributed by atoms with van der Waals surface area (Å²) in [4.78, 5) is 26.6. The zero-order chi connectivity index (χ0) is 32.0. The highest BCUT2D eigenvalue weighted by molar-refractivity contribution is 5.95. The van der Waals surface area contributed by atoms with Gasteiger partial charge in [0.25, 0.3) is 0 Å². The van der Waals surface area contributed by atoms with Crippen LogP contribution in [0.3, 0.4) is 0 Å². The van der Waals surface area contributed by atoms with Gasteiger partial charge >= 0.3 is 0 Å². The normalized spacial score (nSPS) is 14.5. The SMILES string of the molecule is CCCCCCCCCCCCCCC(CC)C(=O)CC(O)(CN)C(=O)C(CC)CCCCCCCCCCCCCC. The van der Waals surface area contributed by atoms with E-state index in [-0.39, 0.29) is 36.4 Å². The first-order valence-electron chi connectivity index (χ1n) is 19.4. The average molecular weight is 608 g/mol. The molecule has 0 aromatic heterocycles. The lowest BCUT2D eigenvalue weighted by atomic mass is 9.78. The minimum atomic E-state index is -1.71. The average Bonchev–Trinajstić information content (AvgIpc) is 3.01. The largest absolute Gasteiger partial charge is 0.380 e. The van der Waals surface area contributed by atoms with Gasteiger partial charge in [-0.3, -0.25) is 9.59 Å². The number of nitrogens with two attached hydrogens (primary N) is 1. The number of aliphatic hydroxyl groups is 1. The van der Waals surface area contributed by atoms with Crippen molar-refractivity contribution in [2.45, 2.75) is 219 Å². The van der Waals surface area contributed by atoms with Crippen molar-refractivity contribution >= 4 is 11.6 Å². The van der Waals surface area contributed by atoms with Crippen molar-refractivity contribution in [2.75, 3.05) is 6.54 Å². The number of carbonyl (C=O) groups is 2. The molecule has 0 aliphatic heterocycles. The first-order chi connectivity index (χ1) is 20.9. The standard InChI is InChI=1S/C39H77NO3/c1-5-9-11-13-15-17-19-21-23-25-27-29-31-35(7-3)37(41)33-39(43,34-40)38(42)36(8-4)32-30-28-26-24-22-20-18-16-14-12-10-6-2/h35-36,43H,5-34,40H2,1-4H3. The zero-order valence-corrected chi connectivity index (χ0v) is 29.7. The molecule has 0 heterocycles. The Kier molecular flexibility index (Phi) is 29.4. The Morgan fingerprint density at radius 2 is 0.814 bits per heavy atom. The molecule has 3 N–H and O–H groups in total. The maximum Gasteiger partial charge on any atom is 0.169 e. The maximum atomic E-state index is 13.4. The number of Topliss-reactive ketones (excluding diaryl/α,β-unsaturated/α-hetero) is 2. The predicted molar refractivity (Wildman–Crippen MR) is 188 cm³/mol. The summed E-state index contributed by atoms with van der Waals surface area (Å²) in [7, 11) is 0. The molecule has 0 bridgehead atoms. The molecule has 0 rings (SSSR count). The summed E-state index contributed by atoms with van der Waals surface area (Å²) in [5.74, 6) is -0.465. The molecule has 43 heavy (non-hydrogen) atoms. The monoisotopic (exact) mass is 608 g/mol. The zero-order valence-electron chi connectivity index (χ0n) is 29.7. The van der Waals surface area contributed by atoms with E-state index in [4.69, 9.17) is 5.73 Å². The predicted octanol–water partition coefficient (Wildman–Crippen LogP) is 11.4. The Hall–Kier alpha value is -0.740. The van der Waals surface area contributed by atoms with Gasteiger partial charge in [0.05, 0.1) is 0 Å². The fourth-order valence-electron chi connectivity index (χ4n) is 6.65. The van der Waals surface area contributed by atoms with Gasteiger partial charge in [-0.2, -0.15) is 0 Å². The van der Waals surface area contributed by atoms with Gasteiger partial charge in [-0.15, -0.1) is 0 Å². The molecule has 0 aromatic carbocycles. The molecule has 4 nitrogen and oxygen atoms in total. The Balaban J connectivity index is 4.26. The molecule has 0 saturated carbocycles. The van der Waals surface area contributed by atoms with Crippen molar-refractivity contribution in [2.24, 2.45) is 17.6 Å². The summed E-state index contributed by atoms with van der Waals surface area (Å²) in [6.07, 6.45) is 34.2. The van der Waals surface area contributed by atoms with Gasteiger partial charge in [-0.25, -0.2) is 0 Å². The van der Waals surface area contributed by atoms with Crippen LogP contribution in [0.2, 0.25) is 0 Å². The van der Waals surface area contributed by atoms with Crippen LogP contribution in [0.1, 0.15) is 214 Å². The van der Waals surface area contributed by atoms with Crippen LogP contribution in [0.5, 0.6) is 0 Å². The van der Waals surface area contributed by atoms with Crippen LogP contribution in [0.25, 0.3) is 0 Å². The van der Waals surface area contributed by atoms with E-state index < -0.39 is 5.60 Å². The van der Waals surface area contributed by atoms with Crippen LogP contribution in [0.15, 0.2) is 0 Å². The molecule has 3 unspecified atom stereocenters. The van der Waals surface area contributed by atoms with E-state index in [1.54, 1.807) is 0 Å². The molecule has 0 aliphatic rings. The minimum absolute atomic E-state index is 0.0205. The van der Waals surface area contributed by atoms with Crippen molar-refractivity contribution in [3.8, 4) is 0 Å². The first kappa shape index (κ1) is 42.3. The van der Waals surface area contributed by atoms with Crippen LogP contribution >= 0.6 is 0 Å². The molecule has 0 aromatic rings. The van der Waals surface area contributed by atoms with Crippen molar-refractivity contribution in [1.82, 2.24) is 0 Å². The number of hydrogen-bond acceptors (Lipinski definition) is 4. The third kappa shape index (κ3) is 22.4. The third-order valence-corrected chi connectivity index (χ3v) is 9.89. The lowest BCUT2D eigenvalue weighted by molar-refractivity contribution is -0.146. The molecule has 0 fully saturated rings. The molecule has 0 spiro atoms. The summed E-state index contributed by atoms with van der Waals surface area (Å²) < 4.78 is 0. The second kappa shape index (κ2) is 29.9. The molecular formula is C39H77NO3. The third-order valence-electron chi connectivity index (χ3n) is 9.89. The molecule has 0 radical (unpaired) electrons. The second-order valence-corrected chi connectivity index (χ2v) is 13.8. The Labute approximate surface area is 269 Å². The summed E-state index contributed by atoms with van der Waals surface area (Å²) >= 11 is 0. The van der Waals surface area contributed by atoms with E-state index in [0.29, 0.717) is 6.42 Å². The minimum Gasteiger partial charge on any atom is -0.380 e. The Bertz CT molecular complexity index is 636. The van der Waals surface area contributed by atoms with Gasteiger partial charge in [0.15, 0.2) is 5.78 Å². The van der Waals surface area contributed by atoms with Crippen molar-refractivity contribution < 1.29 is 14.7 Å². The van der Waals surface area contributed by atoms with Crippen LogP contribution in [-0.4, -0.2) is 28.8 Å². The van der Waals surface area contributed by atoms with Gasteiger partial charge in [0.2, 0.25) is 0 Å². The summed E-state index contributed by atoms with van der Waals surface area (Å²) in [5.41, 5.74) is 4.25. The van der Waals surface area contributed by atoms with Gasteiger partial charge < -0.3 is 10.8 Å². The second-order valence-electron chi connectivity index (χ2n) is 13.8. The first-order valence-corrected chi connectivity index (χ1v) is 19.4. The molecular weight excluding hydrogens is 530 g/mol. The topological polar surface area (TPSA) is 80.4 Å². The van der Waals surface area contributed by atoms with Crippen LogP contribution < -0.4 is 5.73 Å². The number of ketones is 2. The molecule has 0 amide bonds. The lowest BCUT2D eigenvalue weighted by Crippen LogP contribution is -2.50. The van der Waals surface area contributed by atoms with Gasteiger partial charge in [-0.05, 0) is 25.7 Å². The summed E-state index contributed by atoms with van der Waals surface area (Å²) in [6, 6.07) is 0. The smallest absolute Gasteiger partial charge is 0.169 e. The number of rotatable bonds is 34. The van der Waals surface area contributed by atoms with E-state index in [2.05, 4.69) is 20.8 Å². The van der Waals surface area contributed by atoms with Crippen molar-refractivity contribution in [1.29, 1.82) is 0 Å². The number of carbonyl (C=O) groups excluding carboxylic acids is 2. The quantitative estimate of drug-likeness (QED) is 0.0713. The highest BCUT2D eigenvalue weighted by atomic mass is 16.3. The van der Waals surface area contributed by atoms with Crippen molar-refractivity contribution in [3.05, 3.63) is 0 Å². The van der Waals surface area contributed by atoms with Gasteiger partial charge in [0.1, 0.15) is 11.4 Å². The molecule has 0 aliphatic carbocycles. The fourth-order valence-corrected chi connectivity index (χ4v) is 6.65. The van der Waals surface area contributed by atoms with E-state index in [0.717, 1.165) is 44.9 Å². The van der Waals surface area contributed by atoms with E-state index in [1.807, 2.05) is 6.92 Å². The van der Waals surface area contributed by atoms with Crippen molar-refractivity contribution in [3.63, 3.8) is 0 Å². The lowest BCUT2D eigenvalue weighted by Gasteiger charge is -2.30. The van der Waals surface area contributed by atoms with Crippen LogP contribution in [0, 0.1) is 11.8 Å². The maximum absolute atomic E-state index is 13.4. The van der Waals surface area contributed by atoms with Gasteiger partial charge in [-0.1, -0.05) is 182 Å². The van der Waals surface area contributed by atoms with Gasteiger partial charge in [0, 0.05) is 24.8 Å². The van der Waals surface area contributed by atoms with E-state index in [9.17, 15) is 14.7 Å². The van der Waals surface area contributed by atoms with Crippen LogP contribution in [0.4, 0.5) is 0 Å². The fraction of sp³-hybridized carbons (Fsp3) is 0.949. The molecule has 256 valence electrons. The van der Waals surface area contributed by atoms with Crippen LogP contribution in [-0.2, 0) is 9.59 Å².